The highest BCUT2D eigenvalue weighted by Crippen LogP contribution is 2.27. The molecular formula is C27H24FN3O2. The lowest BCUT2D eigenvalue weighted by Gasteiger charge is -2.18. The fourth-order valence-electron chi connectivity index (χ4n) is 3.78. The number of nitrogens with zero attached hydrogens (tertiary/aromatic N) is 2. The van der Waals surface area contributed by atoms with Crippen LogP contribution in [-0.2, 0) is 11.3 Å². The van der Waals surface area contributed by atoms with Crippen molar-refractivity contribution < 1.29 is 9.18 Å². The third kappa shape index (κ3) is 5.80. The maximum atomic E-state index is 13.2. The lowest BCUT2D eigenvalue weighted by Crippen LogP contribution is -2.34. The van der Waals surface area contributed by atoms with Crippen LogP contribution in [0.25, 0.3) is 11.3 Å². The Bertz CT molecular complexity index is 1220. The number of aromatic nitrogens is 2. The molecule has 0 aliphatic heterocycles. The number of amides is 1. The van der Waals surface area contributed by atoms with Gasteiger partial charge < -0.3 is 5.32 Å². The number of halogens is 1. The van der Waals surface area contributed by atoms with Gasteiger partial charge in [-0.05, 0) is 47.9 Å². The second-order valence-corrected chi connectivity index (χ2v) is 7.73. The van der Waals surface area contributed by atoms with E-state index in [0.717, 1.165) is 11.1 Å². The standard InChI is InChI=1S/C27H24FN3O2/c28-23-13-11-22(12-14-23)25-15-16-27(33)31(30-25)19-26(32)29-18-17-24(20-7-3-1-4-8-20)21-9-5-2-6-10-21/h1-16,24H,17-19H2,(H,29,32). The topological polar surface area (TPSA) is 64.0 Å². The Kier molecular flexibility index (Phi) is 7.05. The van der Waals surface area contributed by atoms with E-state index in [0.29, 0.717) is 17.8 Å². The average Bonchev–Trinajstić information content (AvgIpc) is 2.85. The Morgan fingerprint density at radius 1 is 0.848 bits per heavy atom. The fraction of sp³-hybridized carbons (Fsp3) is 0.148. The predicted octanol–water partition coefficient (Wildman–Crippen LogP) is 4.39. The maximum Gasteiger partial charge on any atom is 0.267 e. The quantitative estimate of drug-likeness (QED) is 0.441. The molecule has 4 rings (SSSR count). The van der Waals surface area contributed by atoms with Crippen LogP contribution in [0.3, 0.4) is 0 Å². The van der Waals surface area contributed by atoms with Crippen molar-refractivity contribution in [2.75, 3.05) is 6.54 Å². The van der Waals surface area contributed by atoms with Crippen LogP contribution >= 0.6 is 0 Å². The van der Waals surface area contributed by atoms with E-state index in [-0.39, 0.29) is 29.7 Å². The summed E-state index contributed by atoms with van der Waals surface area (Å²) in [6.07, 6.45) is 0.720. The van der Waals surface area contributed by atoms with Gasteiger partial charge in [0.05, 0.1) is 5.69 Å². The van der Waals surface area contributed by atoms with Crippen molar-refractivity contribution in [2.45, 2.75) is 18.9 Å². The first-order chi connectivity index (χ1) is 16.1. The van der Waals surface area contributed by atoms with Crippen LogP contribution in [0.5, 0.6) is 0 Å². The van der Waals surface area contributed by atoms with Gasteiger partial charge in [-0.3, -0.25) is 9.59 Å². The van der Waals surface area contributed by atoms with Gasteiger partial charge in [-0.15, -0.1) is 0 Å². The van der Waals surface area contributed by atoms with E-state index >= 15 is 0 Å². The van der Waals surface area contributed by atoms with E-state index in [2.05, 4.69) is 34.7 Å². The molecule has 3 aromatic carbocycles. The fourth-order valence-corrected chi connectivity index (χ4v) is 3.78. The van der Waals surface area contributed by atoms with E-state index in [4.69, 9.17) is 0 Å². The summed E-state index contributed by atoms with van der Waals surface area (Å²) in [6.45, 7) is 0.273. The highest BCUT2D eigenvalue weighted by atomic mass is 19.1. The zero-order valence-corrected chi connectivity index (χ0v) is 18.0. The molecule has 33 heavy (non-hydrogen) atoms. The lowest BCUT2D eigenvalue weighted by molar-refractivity contribution is -0.121. The summed E-state index contributed by atoms with van der Waals surface area (Å²) in [5.74, 6) is -0.494. The maximum absolute atomic E-state index is 13.2. The molecule has 1 heterocycles. The number of hydrogen-bond donors (Lipinski definition) is 1. The molecular weight excluding hydrogens is 417 g/mol. The molecule has 1 aromatic heterocycles. The van der Waals surface area contributed by atoms with E-state index in [1.54, 1.807) is 18.2 Å². The molecule has 0 aliphatic carbocycles. The minimum Gasteiger partial charge on any atom is -0.354 e. The van der Waals surface area contributed by atoms with Crippen molar-refractivity contribution in [3.8, 4) is 11.3 Å². The van der Waals surface area contributed by atoms with Crippen LogP contribution in [0, 0.1) is 5.82 Å². The average molecular weight is 442 g/mol. The minimum atomic E-state index is -0.373. The monoisotopic (exact) mass is 441 g/mol. The molecule has 0 aliphatic rings. The summed E-state index contributed by atoms with van der Waals surface area (Å²) in [5, 5.41) is 7.18. The molecule has 5 nitrogen and oxygen atoms in total. The van der Waals surface area contributed by atoms with Crippen molar-refractivity contribution in [3.63, 3.8) is 0 Å². The molecule has 0 bridgehead atoms. The Labute approximate surface area is 191 Å². The third-order valence-corrected chi connectivity index (χ3v) is 5.46. The highest BCUT2D eigenvalue weighted by Gasteiger charge is 2.15. The molecule has 1 N–H and O–H groups in total. The molecule has 0 spiro atoms. The second kappa shape index (κ2) is 10.5. The molecule has 0 fully saturated rings. The Balaban J connectivity index is 1.41. The Morgan fingerprint density at radius 3 is 2.06 bits per heavy atom. The van der Waals surface area contributed by atoms with Gasteiger partial charge in [-0.2, -0.15) is 5.10 Å². The van der Waals surface area contributed by atoms with Gasteiger partial charge in [0.1, 0.15) is 12.4 Å². The first kappa shape index (κ1) is 22.1. The molecule has 6 heteroatoms. The van der Waals surface area contributed by atoms with Crippen molar-refractivity contribution in [1.29, 1.82) is 0 Å². The van der Waals surface area contributed by atoms with Gasteiger partial charge in [0.15, 0.2) is 0 Å². The van der Waals surface area contributed by atoms with Crippen LogP contribution in [0.1, 0.15) is 23.5 Å². The first-order valence-electron chi connectivity index (χ1n) is 10.8. The van der Waals surface area contributed by atoms with Gasteiger partial charge in [-0.1, -0.05) is 60.7 Å². The summed E-state index contributed by atoms with van der Waals surface area (Å²) in [5.41, 5.74) is 3.16. The van der Waals surface area contributed by atoms with E-state index in [1.807, 2.05) is 36.4 Å². The molecule has 0 atom stereocenters. The molecule has 0 saturated heterocycles. The van der Waals surface area contributed by atoms with Gasteiger partial charge in [-0.25, -0.2) is 9.07 Å². The van der Waals surface area contributed by atoms with Crippen LogP contribution in [-0.4, -0.2) is 22.2 Å². The number of hydrogen-bond acceptors (Lipinski definition) is 3. The molecule has 0 saturated carbocycles. The second-order valence-electron chi connectivity index (χ2n) is 7.73. The largest absolute Gasteiger partial charge is 0.354 e. The van der Waals surface area contributed by atoms with Crippen LogP contribution in [0.2, 0.25) is 0 Å². The molecule has 166 valence electrons. The number of nitrogens with one attached hydrogen (secondary N) is 1. The number of carbonyl (C=O) groups excluding carboxylic acids is 1. The van der Waals surface area contributed by atoms with E-state index in [9.17, 15) is 14.0 Å². The summed E-state index contributed by atoms with van der Waals surface area (Å²) in [6, 6.07) is 29.1. The van der Waals surface area contributed by atoms with Gasteiger partial charge in [0, 0.05) is 24.1 Å². The first-order valence-corrected chi connectivity index (χ1v) is 10.8. The molecule has 4 aromatic rings. The lowest BCUT2D eigenvalue weighted by atomic mass is 9.88. The molecule has 0 radical (unpaired) electrons. The van der Waals surface area contributed by atoms with E-state index in [1.165, 1.54) is 29.3 Å². The smallest absolute Gasteiger partial charge is 0.267 e. The van der Waals surface area contributed by atoms with Gasteiger partial charge >= 0.3 is 0 Å². The van der Waals surface area contributed by atoms with Gasteiger partial charge in [0.2, 0.25) is 5.91 Å². The van der Waals surface area contributed by atoms with Crippen molar-refractivity contribution in [2.24, 2.45) is 0 Å². The number of rotatable bonds is 8. The van der Waals surface area contributed by atoms with Crippen molar-refractivity contribution in [3.05, 3.63) is 124 Å². The SMILES string of the molecule is O=C(Cn1nc(-c2ccc(F)cc2)ccc1=O)NCCC(c1ccccc1)c1ccccc1. The van der Waals surface area contributed by atoms with Crippen molar-refractivity contribution in [1.82, 2.24) is 15.1 Å². The van der Waals surface area contributed by atoms with Crippen molar-refractivity contribution >= 4 is 5.91 Å². The number of carbonyl (C=O) groups is 1. The van der Waals surface area contributed by atoms with Crippen LogP contribution < -0.4 is 10.9 Å². The Morgan fingerprint density at radius 2 is 1.45 bits per heavy atom. The van der Waals surface area contributed by atoms with Crippen LogP contribution in [0.15, 0.2) is 102 Å². The van der Waals surface area contributed by atoms with Gasteiger partial charge in [0.25, 0.3) is 5.56 Å². The molecule has 0 unspecified atom stereocenters. The summed E-state index contributed by atoms with van der Waals surface area (Å²) < 4.78 is 14.3. The summed E-state index contributed by atoms with van der Waals surface area (Å²) in [4.78, 5) is 24.8. The summed E-state index contributed by atoms with van der Waals surface area (Å²) in [7, 11) is 0. The predicted molar refractivity (Wildman–Crippen MR) is 126 cm³/mol. The zero-order valence-electron chi connectivity index (χ0n) is 18.0. The zero-order chi connectivity index (χ0) is 23.0. The third-order valence-electron chi connectivity index (χ3n) is 5.46. The summed E-state index contributed by atoms with van der Waals surface area (Å²) >= 11 is 0. The normalized spacial score (nSPS) is 10.8. The number of benzene rings is 3. The minimum absolute atomic E-state index is 0.148. The molecule has 1 amide bonds. The highest BCUT2D eigenvalue weighted by molar-refractivity contribution is 5.75. The van der Waals surface area contributed by atoms with E-state index < -0.39 is 0 Å². The van der Waals surface area contributed by atoms with Crippen LogP contribution in [0.4, 0.5) is 4.39 Å². The Hall–Kier alpha value is -4.06.